The normalized spacial score (nSPS) is 15.1. The summed E-state index contributed by atoms with van der Waals surface area (Å²) in [6.45, 7) is 0. The van der Waals surface area contributed by atoms with Crippen LogP contribution >= 0.6 is 11.6 Å². The second-order valence-electron chi connectivity index (χ2n) is 9.03. The molecule has 1 aromatic heterocycles. The van der Waals surface area contributed by atoms with Crippen molar-refractivity contribution in [3.63, 3.8) is 0 Å². The molecule has 0 aliphatic carbocycles. The molecule has 0 saturated carbocycles. The second-order valence-corrected chi connectivity index (χ2v) is 9.43. The molecule has 4 aromatic rings. The topological polar surface area (TPSA) is 76.0 Å². The molecule has 1 aliphatic rings. The van der Waals surface area contributed by atoms with Gasteiger partial charge in [0.25, 0.3) is 11.8 Å². The second kappa shape index (κ2) is 9.81. The molecule has 0 unspecified atom stereocenters. The van der Waals surface area contributed by atoms with Crippen molar-refractivity contribution < 1.29 is 40.3 Å². The zero-order chi connectivity index (χ0) is 29.1. The van der Waals surface area contributed by atoms with Gasteiger partial charge < -0.3 is 10.6 Å². The van der Waals surface area contributed by atoms with E-state index in [-0.39, 0.29) is 50.1 Å². The van der Waals surface area contributed by atoms with Crippen molar-refractivity contribution in [3.05, 3.63) is 92.6 Å². The van der Waals surface area contributed by atoms with Gasteiger partial charge in [-0.05, 0) is 42.5 Å². The van der Waals surface area contributed by atoms with E-state index in [1.165, 1.54) is 19.2 Å². The maximum absolute atomic E-state index is 14.2. The number of amides is 2. The van der Waals surface area contributed by atoms with Crippen LogP contribution in [0.1, 0.15) is 49.1 Å². The highest BCUT2D eigenvalue weighted by Crippen LogP contribution is 2.43. The number of fused-ring (bicyclic) bond motifs is 3. The van der Waals surface area contributed by atoms with E-state index in [1.807, 2.05) is 0 Å². The third-order valence-electron chi connectivity index (χ3n) is 6.44. The smallest absolute Gasteiger partial charge is 0.341 e. The number of benzene rings is 3. The Balaban J connectivity index is 1.72. The van der Waals surface area contributed by atoms with Crippen molar-refractivity contribution in [3.8, 4) is 0 Å². The number of aryl methyl sites for hydroxylation is 1. The molecule has 0 radical (unpaired) electrons. The lowest BCUT2D eigenvalue weighted by Crippen LogP contribution is -2.21. The van der Waals surface area contributed by atoms with Gasteiger partial charge in [0.15, 0.2) is 0 Å². The van der Waals surface area contributed by atoms with Gasteiger partial charge in [0.05, 0.1) is 29.3 Å². The average Bonchev–Trinajstić information content (AvgIpc) is 3.36. The zero-order valence-electron chi connectivity index (χ0n) is 20.1. The predicted molar refractivity (Wildman–Crippen MR) is 130 cm³/mol. The number of nitrogens with zero attached hydrogens (tertiary/aromatic N) is 2. The quantitative estimate of drug-likeness (QED) is 0.266. The fourth-order valence-electron chi connectivity index (χ4n) is 4.74. The van der Waals surface area contributed by atoms with Gasteiger partial charge in [0.2, 0.25) is 6.43 Å². The number of halogens is 8. The van der Waals surface area contributed by atoms with Gasteiger partial charge in [-0.25, -0.2) is 17.6 Å². The van der Waals surface area contributed by atoms with Crippen LogP contribution in [0.3, 0.4) is 0 Å². The van der Waals surface area contributed by atoms with E-state index >= 15 is 0 Å². The monoisotopic (exact) mass is 584 g/mol. The van der Waals surface area contributed by atoms with Crippen molar-refractivity contribution in [1.82, 2.24) is 15.1 Å². The molecule has 1 atom stereocenters. The Morgan fingerprint density at radius 2 is 1.85 bits per heavy atom. The maximum atomic E-state index is 14.2. The number of hydrogen-bond acceptors (Lipinski definition) is 3. The molecule has 40 heavy (non-hydrogen) atoms. The highest BCUT2D eigenvalue weighted by atomic mass is 35.5. The van der Waals surface area contributed by atoms with E-state index in [2.05, 4.69) is 15.7 Å². The summed E-state index contributed by atoms with van der Waals surface area (Å²) in [5.74, 6) is -3.96. The Bertz CT molecular complexity index is 1700. The summed E-state index contributed by atoms with van der Waals surface area (Å²) in [6.07, 6.45) is -8.52. The van der Waals surface area contributed by atoms with E-state index in [4.69, 9.17) is 11.6 Å². The summed E-state index contributed by atoms with van der Waals surface area (Å²) in [6, 6.07) is 4.67. The van der Waals surface area contributed by atoms with Gasteiger partial charge in [-0.3, -0.25) is 14.3 Å². The number of anilines is 1. The Hall–Kier alpha value is -4.13. The third-order valence-corrected chi connectivity index (χ3v) is 6.78. The Labute approximate surface area is 225 Å². The largest absolute Gasteiger partial charge is 0.416 e. The number of carbonyl (C=O) groups is 2. The summed E-state index contributed by atoms with van der Waals surface area (Å²) in [5.41, 5.74) is -2.31. The maximum Gasteiger partial charge on any atom is 0.416 e. The van der Waals surface area contributed by atoms with Crippen LogP contribution in [0.2, 0.25) is 5.02 Å². The molecule has 6 nitrogen and oxygen atoms in total. The molecule has 5 rings (SSSR count). The van der Waals surface area contributed by atoms with Crippen molar-refractivity contribution >= 4 is 40.0 Å². The molecule has 0 fully saturated rings. The minimum Gasteiger partial charge on any atom is -0.341 e. The highest BCUT2D eigenvalue weighted by Gasteiger charge is 2.38. The van der Waals surface area contributed by atoms with Crippen LogP contribution in [-0.4, -0.2) is 28.0 Å². The van der Waals surface area contributed by atoms with Gasteiger partial charge in [0.1, 0.15) is 17.2 Å². The molecule has 0 bridgehead atoms. The molecule has 3 aromatic carbocycles. The molecular weight excluding hydrogens is 569 g/mol. The van der Waals surface area contributed by atoms with Gasteiger partial charge >= 0.3 is 6.18 Å². The summed E-state index contributed by atoms with van der Waals surface area (Å²) >= 11 is 6.27. The molecule has 1 aliphatic heterocycles. The number of alkyl halides is 5. The lowest BCUT2D eigenvalue weighted by Gasteiger charge is -2.18. The van der Waals surface area contributed by atoms with Crippen molar-refractivity contribution in [1.29, 1.82) is 0 Å². The third kappa shape index (κ3) is 4.85. The summed E-state index contributed by atoms with van der Waals surface area (Å²) in [7, 11) is 1.38. The van der Waals surface area contributed by atoms with Crippen LogP contribution in [0, 0.1) is 11.6 Å². The van der Waals surface area contributed by atoms with E-state index < -0.39 is 59.6 Å². The SMILES string of the molecule is Cn1nc2c3c(c(NC(=O)c4cc(F)cc(C(F)(F)F)c4)cc2c1CC(F)F)[C@@H](c1cc(F)ccc1Cl)NC3=O. The fraction of sp³-hybridized carbons (Fsp3) is 0.192. The van der Waals surface area contributed by atoms with Gasteiger partial charge in [-0.1, -0.05) is 11.6 Å². The lowest BCUT2D eigenvalue weighted by atomic mass is 9.93. The zero-order valence-corrected chi connectivity index (χ0v) is 20.9. The van der Waals surface area contributed by atoms with Crippen LogP contribution in [0.25, 0.3) is 10.9 Å². The number of rotatable bonds is 5. The molecule has 0 spiro atoms. The Morgan fingerprint density at radius 3 is 2.52 bits per heavy atom. The van der Waals surface area contributed by atoms with Gasteiger partial charge in [0, 0.05) is 39.8 Å². The standard InChI is InChI=1S/C26H16ClF7N4O2/c1-38-18(9-19(30)31)15-8-17(35-24(39)10-4-11(26(32,33)34)6-13(29)5-10)20-21(23(15)37-38)25(40)36-22(20)14-7-12(28)2-3-16(14)27/h2-8,19,22H,9H2,1H3,(H,35,39)(H,36,40)/t22-/m1/s1. The molecule has 2 heterocycles. The molecule has 2 amide bonds. The first kappa shape index (κ1) is 27.4. The minimum atomic E-state index is -4.95. The summed E-state index contributed by atoms with van der Waals surface area (Å²) in [4.78, 5) is 26.3. The summed E-state index contributed by atoms with van der Waals surface area (Å²) in [5, 5.41) is 9.30. The first-order valence-electron chi connectivity index (χ1n) is 11.5. The summed E-state index contributed by atoms with van der Waals surface area (Å²) < 4.78 is 95.7. The highest BCUT2D eigenvalue weighted by molar-refractivity contribution is 6.31. The van der Waals surface area contributed by atoms with Crippen molar-refractivity contribution in [2.24, 2.45) is 7.05 Å². The Morgan fingerprint density at radius 1 is 1.12 bits per heavy atom. The first-order valence-corrected chi connectivity index (χ1v) is 11.9. The molecular formula is C26H16ClF7N4O2. The van der Waals surface area contributed by atoms with Crippen LogP contribution in [0.5, 0.6) is 0 Å². The van der Waals surface area contributed by atoms with Gasteiger partial charge in [-0.2, -0.15) is 18.3 Å². The number of nitrogens with one attached hydrogen (secondary N) is 2. The van der Waals surface area contributed by atoms with E-state index in [0.717, 1.165) is 16.8 Å². The van der Waals surface area contributed by atoms with Gasteiger partial charge in [-0.15, -0.1) is 0 Å². The average molecular weight is 585 g/mol. The van der Waals surface area contributed by atoms with Crippen molar-refractivity contribution in [2.45, 2.75) is 25.1 Å². The molecule has 0 saturated heterocycles. The fourth-order valence-corrected chi connectivity index (χ4v) is 4.97. The molecule has 14 heteroatoms. The number of aromatic nitrogens is 2. The van der Waals surface area contributed by atoms with E-state index in [1.54, 1.807) is 0 Å². The van der Waals surface area contributed by atoms with E-state index in [0.29, 0.717) is 12.1 Å². The van der Waals surface area contributed by atoms with Crippen LogP contribution in [0.15, 0.2) is 42.5 Å². The van der Waals surface area contributed by atoms with Crippen molar-refractivity contribution in [2.75, 3.05) is 5.32 Å². The van der Waals surface area contributed by atoms with Crippen LogP contribution in [-0.2, 0) is 19.6 Å². The lowest BCUT2D eigenvalue weighted by molar-refractivity contribution is -0.137. The Kier molecular flexibility index (Phi) is 6.73. The minimum absolute atomic E-state index is 0.00351. The van der Waals surface area contributed by atoms with Crippen LogP contribution < -0.4 is 10.6 Å². The number of hydrogen-bond donors (Lipinski definition) is 2. The molecule has 2 N–H and O–H groups in total. The molecule has 208 valence electrons. The van der Waals surface area contributed by atoms with Crippen LogP contribution in [0.4, 0.5) is 36.4 Å². The number of carbonyl (C=O) groups excluding carboxylic acids is 2. The van der Waals surface area contributed by atoms with E-state index in [9.17, 15) is 40.3 Å². The predicted octanol–water partition coefficient (Wildman–Crippen LogP) is 6.42. The first-order chi connectivity index (χ1) is 18.7.